The maximum Gasteiger partial charge on any atom is 0.417 e. The van der Waals surface area contributed by atoms with Crippen molar-refractivity contribution in [2.24, 2.45) is 17.8 Å². The molecule has 0 N–H and O–H groups in total. The SMILES string of the molecule is O=[N+]([O-])c1ccc2c(c1)C1C(/C2=C2/CCCc3cccc(C(F)(F)F)c32)[C@@H]2CC[C@H]1C2. The molecule has 0 aliphatic heterocycles. The number of hydrogen-bond acceptors (Lipinski definition) is 2. The zero-order chi connectivity index (χ0) is 21.5. The molecule has 4 atom stereocenters. The number of non-ortho nitro benzene ring substituents is 1. The largest absolute Gasteiger partial charge is 0.417 e. The molecule has 4 aliphatic rings. The van der Waals surface area contributed by atoms with Gasteiger partial charge in [0.15, 0.2) is 0 Å². The summed E-state index contributed by atoms with van der Waals surface area (Å²) in [5, 5.41) is 11.4. The number of allylic oxidation sites excluding steroid dienone is 2. The van der Waals surface area contributed by atoms with E-state index in [0.29, 0.717) is 30.2 Å². The van der Waals surface area contributed by atoms with Crippen molar-refractivity contribution in [3.05, 3.63) is 74.3 Å². The van der Waals surface area contributed by atoms with Gasteiger partial charge in [0.2, 0.25) is 0 Å². The van der Waals surface area contributed by atoms with E-state index in [1.54, 1.807) is 12.1 Å². The molecule has 2 saturated carbocycles. The summed E-state index contributed by atoms with van der Waals surface area (Å²) in [6, 6.07) is 9.56. The van der Waals surface area contributed by atoms with Gasteiger partial charge in [-0.25, -0.2) is 0 Å². The number of aryl methyl sites for hydroxylation is 1. The van der Waals surface area contributed by atoms with Gasteiger partial charge in [0.25, 0.3) is 5.69 Å². The average Bonchev–Trinajstić information content (AvgIpc) is 3.43. The third kappa shape index (κ3) is 2.66. The van der Waals surface area contributed by atoms with Gasteiger partial charge >= 0.3 is 6.18 Å². The minimum atomic E-state index is -4.40. The van der Waals surface area contributed by atoms with Gasteiger partial charge in [-0.3, -0.25) is 10.1 Å². The number of halogens is 3. The molecule has 6 rings (SSSR count). The predicted octanol–water partition coefficient (Wildman–Crippen LogP) is 7.00. The van der Waals surface area contributed by atoms with E-state index < -0.39 is 11.7 Å². The summed E-state index contributed by atoms with van der Waals surface area (Å²) in [6.07, 6.45) is 1.02. The van der Waals surface area contributed by atoms with E-state index in [1.165, 1.54) is 18.2 Å². The number of nitrogens with zero attached hydrogens (tertiary/aromatic N) is 1. The first-order chi connectivity index (χ1) is 14.8. The van der Waals surface area contributed by atoms with Crippen LogP contribution in [0, 0.1) is 27.9 Å². The van der Waals surface area contributed by atoms with Crippen molar-refractivity contribution in [3.63, 3.8) is 0 Å². The maximum atomic E-state index is 14.0. The van der Waals surface area contributed by atoms with Crippen LogP contribution in [0.4, 0.5) is 18.9 Å². The number of nitro benzene ring substituents is 1. The third-order valence-corrected chi connectivity index (χ3v) is 8.10. The van der Waals surface area contributed by atoms with Crippen LogP contribution in [-0.2, 0) is 12.6 Å². The molecule has 2 aromatic rings. The Morgan fingerprint density at radius 2 is 1.77 bits per heavy atom. The first-order valence-corrected chi connectivity index (χ1v) is 11.1. The molecular weight excluding hydrogens is 403 g/mol. The molecule has 2 aromatic carbocycles. The minimum Gasteiger partial charge on any atom is -0.258 e. The van der Waals surface area contributed by atoms with Crippen molar-refractivity contribution in [2.45, 2.75) is 50.6 Å². The van der Waals surface area contributed by atoms with E-state index >= 15 is 0 Å². The number of nitro groups is 1. The van der Waals surface area contributed by atoms with Gasteiger partial charge < -0.3 is 0 Å². The highest BCUT2D eigenvalue weighted by molar-refractivity contribution is 5.98. The first kappa shape index (κ1) is 19.1. The number of fused-ring (bicyclic) bond motifs is 8. The molecule has 0 amide bonds. The minimum absolute atomic E-state index is 0.0755. The lowest BCUT2D eigenvalue weighted by Crippen LogP contribution is -2.19. The molecular formula is C25H22F3NO2. The molecule has 0 radical (unpaired) electrons. The second-order valence-electron chi connectivity index (χ2n) is 9.50. The number of rotatable bonds is 1. The zero-order valence-corrected chi connectivity index (χ0v) is 16.9. The molecule has 0 aromatic heterocycles. The van der Waals surface area contributed by atoms with Crippen molar-refractivity contribution >= 4 is 16.8 Å². The Kier molecular flexibility index (Phi) is 3.96. The van der Waals surface area contributed by atoms with Gasteiger partial charge in [-0.15, -0.1) is 0 Å². The lowest BCUT2D eigenvalue weighted by atomic mass is 9.74. The van der Waals surface area contributed by atoms with E-state index in [2.05, 4.69) is 0 Å². The van der Waals surface area contributed by atoms with Crippen molar-refractivity contribution in [1.29, 1.82) is 0 Å². The highest BCUT2D eigenvalue weighted by Crippen LogP contribution is 2.67. The van der Waals surface area contributed by atoms with E-state index in [-0.39, 0.29) is 22.4 Å². The van der Waals surface area contributed by atoms with Crippen LogP contribution in [0.5, 0.6) is 0 Å². The van der Waals surface area contributed by atoms with Crippen molar-refractivity contribution in [1.82, 2.24) is 0 Å². The van der Waals surface area contributed by atoms with Crippen LogP contribution in [0.1, 0.15) is 65.8 Å². The quantitative estimate of drug-likeness (QED) is 0.365. The molecule has 2 unspecified atom stereocenters. The van der Waals surface area contributed by atoms with Gasteiger partial charge in [-0.05, 0) is 108 Å². The van der Waals surface area contributed by atoms with Gasteiger partial charge in [-0.2, -0.15) is 13.2 Å². The Bertz CT molecular complexity index is 1150. The second kappa shape index (κ2) is 6.44. The summed E-state index contributed by atoms with van der Waals surface area (Å²) >= 11 is 0. The van der Waals surface area contributed by atoms with Gasteiger partial charge in [0, 0.05) is 12.1 Å². The zero-order valence-electron chi connectivity index (χ0n) is 16.9. The highest BCUT2D eigenvalue weighted by atomic mass is 19.4. The lowest BCUT2D eigenvalue weighted by Gasteiger charge is -2.30. The van der Waals surface area contributed by atoms with Crippen molar-refractivity contribution in [3.8, 4) is 0 Å². The van der Waals surface area contributed by atoms with Gasteiger partial charge in [0.05, 0.1) is 10.5 Å². The van der Waals surface area contributed by atoms with Crippen LogP contribution >= 0.6 is 0 Å². The summed E-state index contributed by atoms with van der Waals surface area (Å²) in [4.78, 5) is 11.1. The fraction of sp³-hybridized carbons (Fsp3) is 0.440. The Balaban J connectivity index is 1.64. The van der Waals surface area contributed by atoms with E-state index in [9.17, 15) is 23.3 Å². The molecule has 0 heterocycles. The first-order valence-electron chi connectivity index (χ1n) is 11.1. The monoisotopic (exact) mass is 425 g/mol. The number of benzene rings is 2. The molecule has 31 heavy (non-hydrogen) atoms. The average molecular weight is 425 g/mol. The van der Waals surface area contributed by atoms with Crippen molar-refractivity contribution < 1.29 is 18.1 Å². The Hall–Kier alpha value is -2.63. The standard InChI is InChI=1S/C25H22F3NO2/c26-25(27,28)20-6-2-4-13-3-1-5-18(21(13)20)24-17-10-9-16(29(30)31)12-19(17)22-14-7-8-15(11-14)23(22)24/h2,4,6,9-10,12,14-15,22-23H,1,3,5,7-8,11H2/b24-18-/t14-,15+,22?,23?/m0/s1. The lowest BCUT2D eigenvalue weighted by molar-refractivity contribution is -0.384. The summed E-state index contributed by atoms with van der Waals surface area (Å²) in [5.74, 6) is 1.35. The fourth-order valence-electron chi connectivity index (χ4n) is 7.13. The molecule has 6 heteroatoms. The van der Waals surface area contributed by atoms with E-state index in [4.69, 9.17) is 0 Å². The maximum absolute atomic E-state index is 14.0. The number of hydrogen-bond donors (Lipinski definition) is 0. The van der Waals surface area contributed by atoms with Crippen molar-refractivity contribution in [2.75, 3.05) is 0 Å². The Labute approximate surface area is 178 Å². The predicted molar refractivity (Wildman–Crippen MR) is 111 cm³/mol. The molecule has 3 nitrogen and oxygen atoms in total. The molecule has 2 fully saturated rings. The van der Waals surface area contributed by atoms with Crippen LogP contribution < -0.4 is 0 Å². The smallest absolute Gasteiger partial charge is 0.258 e. The fourth-order valence-corrected chi connectivity index (χ4v) is 7.13. The molecule has 4 aliphatic carbocycles. The highest BCUT2D eigenvalue weighted by Gasteiger charge is 2.55. The molecule has 0 saturated heterocycles. The van der Waals surface area contributed by atoms with Crippen LogP contribution in [0.15, 0.2) is 36.4 Å². The summed E-state index contributed by atoms with van der Waals surface area (Å²) < 4.78 is 42.0. The van der Waals surface area contributed by atoms with Crippen LogP contribution in [0.3, 0.4) is 0 Å². The Morgan fingerprint density at radius 1 is 1.00 bits per heavy atom. The summed E-state index contributed by atoms with van der Waals surface area (Å²) in [6.45, 7) is 0. The normalized spacial score (nSPS) is 30.8. The van der Waals surface area contributed by atoms with Crippen LogP contribution in [0.25, 0.3) is 11.1 Å². The molecule has 2 bridgehead atoms. The van der Waals surface area contributed by atoms with E-state index in [0.717, 1.165) is 53.5 Å². The van der Waals surface area contributed by atoms with Crippen LogP contribution in [-0.4, -0.2) is 4.92 Å². The van der Waals surface area contributed by atoms with Crippen LogP contribution in [0.2, 0.25) is 0 Å². The summed E-state index contributed by atoms with van der Waals surface area (Å²) in [5.41, 5.74) is 4.53. The third-order valence-electron chi connectivity index (χ3n) is 8.10. The summed E-state index contributed by atoms with van der Waals surface area (Å²) in [7, 11) is 0. The number of alkyl halides is 3. The van der Waals surface area contributed by atoms with Gasteiger partial charge in [-0.1, -0.05) is 12.1 Å². The molecule has 160 valence electrons. The Morgan fingerprint density at radius 3 is 2.52 bits per heavy atom. The second-order valence-corrected chi connectivity index (χ2v) is 9.50. The van der Waals surface area contributed by atoms with Gasteiger partial charge in [0.1, 0.15) is 0 Å². The van der Waals surface area contributed by atoms with E-state index in [1.807, 2.05) is 6.07 Å². The topological polar surface area (TPSA) is 43.1 Å². The molecule has 0 spiro atoms.